The average molecular weight is 238 g/mol. The Hall–Kier alpha value is -1.59. The summed E-state index contributed by atoms with van der Waals surface area (Å²) >= 11 is 0. The molecule has 3 fully saturated rings. The van der Waals surface area contributed by atoms with Gasteiger partial charge < -0.3 is 9.64 Å². The fraction of sp³-hybridized carbons (Fsp3) is 0.727. The molecule has 2 aliphatic heterocycles. The Bertz CT molecular complexity index is 375. The number of rotatable bonds is 2. The molecule has 1 saturated carbocycles. The number of amides is 3. The standard InChI is InChI=1S/C11H14N2O4/c14-9-6-17-11(16)13(9)8-3-4-12(5-8)10(15)7-1-2-7/h7-8H,1-6H2/t8-/m1/s1. The van der Waals surface area contributed by atoms with E-state index in [1.165, 1.54) is 4.90 Å². The Labute approximate surface area is 98.5 Å². The maximum Gasteiger partial charge on any atom is 0.417 e. The van der Waals surface area contributed by atoms with Crippen molar-refractivity contribution in [2.24, 2.45) is 5.92 Å². The summed E-state index contributed by atoms with van der Waals surface area (Å²) in [5, 5.41) is 0. The first-order valence-corrected chi connectivity index (χ1v) is 5.94. The molecule has 3 rings (SSSR count). The van der Waals surface area contributed by atoms with Gasteiger partial charge in [0.05, 0.1) is 6.04 Å². The Morgan fingerprint density at radius 1 is 1.24 bits per heavy atom. The summed E-state index contributed by atoms with van der Waals surface area (Å²) in [5.41, 5.74) is 0. The lowest BCUT2D eigenvalue weighted by Crippen LogP contribution is -2.42. The summed E-state index contributed by atoms with van der Waals surface area (Å²) in [7, 11) is 0. The summed E-state index contributed by atoms with van der Waals surface area (Å²) < 4.78 is 4.68. The summed E-state index contributed by atoms with van der Waals surface area (Å²) in [6.07, 6.45) is 2.05. The first kappa shape index (κ1) is 10.6. The predicted octanol–water partition coefficient (Wildman–Crippen LogP) is -0.0239. The van der Waals surface area contributed by atoms with E-state index in [1.54, 1.807) is 4.90 Å². The lowest BCUT2D eigenvalue weighted by Gasteiger charge is -2.20. The Morgan fingerprint density at radius 2 is 2.00 bits per heavy atom. The van der Waals surface area contributed by atoms with Gasteiger partial charge >= 0.3 is 6.09 Å². The third kappa shape index (κ3) is 1.77. The van der Waals surface area contributed by atoms with Gasteiger partial charge in [0.25, 0.3) is 5.91 Å². The maximum atomic E-state index is 11.8. The molecule has 0 radical (unpaired) electrons. The first-order valence-electron chi connectivity index (χ1n) is 5.94. The zero-order valence-electron chi connectivity index (χ0n) is 9.42. The highest BCUT2D eigenvalue weighted by Crippen LogP contribution is 2.32. The highest BCUT2D eigenvalue weighted by atomic mass is 16.6. The van der Waals surface area contributed by atoms with Crippen molar-refractivity contribution in [1.29, 1.82) is 0 Å². The lowest BCUT2D eigenvalue weighted by molar-refractivity contribution is -0.132. The number of hydrogen-bond acceptors (Lipinski definition) is 4. The van der Waals surface area contributed by atoms with E-state index in [0.29, 0.717) is 19.5 Å². The van der Waals surface area contributed by atoms with Crippen LogP contribution in [0.25, 0.3) is 0 Å². The van der Waals surface area contributed by atoms with Crippen LogP contribution in [0.1, 0.15) is 19.3 Å². The van der Waals surface area contributed by atoms with Gasteiger partial charge in [-0.3, -0.25) is 9.59 Å². The maximum absolute atomic E-state index is 11.8. The second-order valence-corrected chi connectivity index (χ2v) is 4.82. The van der Waals surface area contributed by atoms with E-state index in [0.717, 1.165) is 12.8 Å². The summed E-state index contributed by atoms with van der Waals surface area (Å²) in [5.74, 6) is 0.0724. The molecule has 0 bridgehead atoms. The molecule has 0 aromatic rings. The lowest BCUT2D eigenvalue weighted by atomic mass is 10.2. The number of likely N-dealkylation sites (tertiary alicyclic amines) is 1. The molecule has 0 N–H and O–H groups in total. The summed E-state index contributed by atoms with van der Waals surface area (Å²) in [4.78, 5) is 37.6. The van der Waals surface area contributed by atoms with Crippen molar-refractivity contribution < 1.29 is 19.1 Å². The van der Waals surface area contributed by atoms with Crippen molar-refractivity contribution in [1.82, 2.24) is 9.80 Å². The van der Waals surface area contributed by atoms with Crippen LogP contribution in [0, 0.1) is 5.92 Å². The van der Waals surface area contributed by atoms with E-state index >= 15 is 0 Å². The molecule has 0 aromatic carbocycles. The number of carbonyl (C=O) groups excluding carboxylic acids is 3. The van der Waals surface area contributed by atoms with Crippen molar-refractivity contribution in [3.63, 3.8) is 0 Å². The molecule has 1 atom stereocenters. The van der Waals surface area contributed by atoms with Crippen LogP contribution in [-0.2, 0) is 14.3 Å². The Balaban J connectivity index is 1.65. The molecule has 3 amide bonds. The molecular formula is C11H14N2O4. The van der Waals surface area contributed by atoms with Gasteiger partial charge in [-0.1, -0.05) is 0 Å². The van der Waals surface area contributed by atoms with Gasteiger partial charge in [0.2, 0.25) is 5.91 Å². The van der Waals surface area contributed by atoms with Crippen LogP contribution < -0.4 is 0 Å². The van der Waals surface area contributed by atoms with Crippen LogP contribution >= 0.6 is 0 Å². The van der Waals surface area contributed by atoms with Crippen LogP contribution in [0.2, 0.25) is 0 Å². The Morgan fingerprint density at radius 3 is 2.59 bits per heavy atom. The molecule has 1 aliphatic carbocycles. The number of nitrogens with zero attached hydrogens (tertiary/aromatic N) is 2. The van der Waals surface area contributed by atoms with Crippen LogP contribution in [0.3, 0.4) is 0 Å². The average Bonchev–Trinajstić information content (AvgIpc) is 2.96. The van der Waals surface area contributed by atoms with Gasteiger partial charge in [-0.15, -0.1) is 0 Å². The third-order valence-corrected chi connectivity index (χ3v) is 3.55. The fourth-order valence-corrected chi connectivity index (χ4v) is 2.46. The van der Waals surface area contributed by atoms with Gasteiger partial charge in [-0.05, 0) is 19.3 Å². The third-order valence-electron chi connectivity index (χ3n) is 3.55. The van der Waals surface area contributed by atoms with Crippen LogP contribution in [0.4, 0.5) is 4.79 Å². The molecule has 2 heterocycles. The van der Waals surface area contributed by atoms with Gasteiger partial charge in [0, 0.05) is 19.0 Å². The van der Waals surface area contributed by atoms with Crippen molar-refractivity contribution in [2.45, 2.75) is 25.3 Å². The molecule has 0 aromatic heterocycles. The Kier molecular flexibility index (Phi) is 2.31. The zero-order chi connectivity index (χ0) is 12.0. The molecular weight excluding hydrogens is 224 g/mol. The van der Waals surface area contributed by atoms with Gasteiger partial charge in [0.1, 0.15) is 0 Å². The minimum Gasteiger partial charge on any atom is -0.439 e. The normalized spacial score (nSPS) is 28.8. The molecule has 92 valence electrons. The minimum atomic E-state index is -0.569. The fourth-order valence-electron chi connectivity index (χ4n) is 2.46. The highest BCUT2D eigenvalue weighted by Gasteiger charge is 2.43. The van der Waals surface area contributed by atoms with E-state index in [9.17, 15) is 14.4 Å². The van der Waals surface area contributed by atoms with Gasteiger partial charge in [-0.25, -0.2) is 9.69 Å². The first-order chi connectivity index (χ1) is 8.16. The van der Waals surface area contributed by atoms with Crippen LogP contribution in [0.5, 0.6) is 0 Å². The molecule has 17 heavy (non-hydrogen) atoms. The SMILES string of the molecule is O=C(C1CC1)N1CC[C@@H](N2C(=O)COC2=O)C1. The van der Waals surface area contributed by atoms with Crippen LogP contribution in [0.15, 0.2) is 0 Å². The number of ether oxygens (including phenoxy) is 1. The number of imide groups is 1. The van der Waals surface area contributed by atoms with Gasteiger partial charge in [-0.2, -0.15) is 0 Å². The van der Waals surface area contributed by atoms with E-state index in [4.69, 9.17) is 0 Å². The predicted molar refractivity (Wildman–Crippen MR) is 55.9 cm³/mol. The highest BCUT2D eigenvalue weighted by molar-refractivity contribution is 5.98. The molecule has 6 nitrogen and oxygen atoms in total. The number of hydrogen-bond donors (Lipinski definition) is 0. The molecule has 3 aliphatic rings. The quantitative estimate of drug-likeness (QED) is 0.678. The second-order valence-electron chi connectivity index (χ2n) is 4.82. The van der Waals surface area contributed by atoms with E-state index in [2.05, 4.69) is 4.74 Å². The van der Waals surface area contributed by atoms with E-state index < -0.39 is 6.09 Å². The second kappa shape index (κ2) is 3.72. The monoisotopic (exact) mass is 238 g/mol. The summed E-state index contributed by atoms with van der Waals surface area (Å²) in [6.45, 7) is 0.944. The van der Waals surface area contributed by atoms with Crippen molar-refractivity contribution >= 4 is 17.9 Å². The van der Waals surface area contributed by atoms with Gasteiger partial charge in [0.15, 0.2) is 6.61 Å². The van der Waals surface area contributed by atoms with Crippen molar-refractivity contribution in [2.75, 3.05) is 19.7 Å². The molecule has 6 heteroatoms. The topological polar surface area (TPSA) is 66.9 Å². The van der Waals surface area contributed by atoms with Crippen molar-refractivity contribution in [3.05, 3.63) is 0 Å². The molecule has 2 saturated heterocycles. The van der Waals surface area contributed by atoms with E-state index in [1.807, 2.05) is 0 Å². The molecule has 0 spiro atoms. The smallest absolute Gasteiger partial charge is 0.417 e. The largest absolute Gasteiger partial charge is 0.439 e. The minimum absolute atomic E-state index is 0.161. The van der Waals surface area contributed by atoms with Crippen LogP contribution in [-0.4, -0.2) is 53.4 Å². The molecule has 0 unspecified atom stereocenters. The number of carbonyl (C=O) groups is 3. The van der Waals surface area contributed by atoms with Crippen molar-refractivity contribution in [3.8, 4) is 0 Å². The summed E-state index contributed by atoms with van der Waals surface area (Å²) in [6, 6.07) is -0.194. The number of cyclic esters (lactones) is 1. The zero-order valence-corrected chi connectivity index (χ0v) is 9.42. The van der Waals surface area contributed by atoms with E-state index in [-0.39, 0.29) is 30.4 Å².